The van der Waals surface area contributed by atoms with Crippen LogP contribution in [-0.4, -0.2) is 18.4 Å². The van der Waals surface area contributed by atoms with Gasteiger partial charge in [0.15, 0.2) is 6.61 Å². The van der Waals surface area contributed by atoms with Crippen molar-refractivity contribution in [2.45, 2.75) is 19.5 Å². The summed E-state index contributed by atoms with van der Waals surface area (Å²) in [6, 6.07) is 24.1. The molecule has 0 fully saturated rings. The molecule has 0 saturated carbocycles. The van der Waals surface area contributed by atoms with E-state index in [0.29, 0.717) is 17.9 Å². The Morgan fingerprint density at radius 1 is 0.967 bits per heavy atom. The van der Waals surface area contributed by atoms with Gasteiger partial charge in [0.05, 0.1) is 6.04 Å². The van der Waals surface area contributed by atoms with Gasteiger partial charge < -0.3 is 15.4 Å². The third-order valence-corrected chi connectivity index (χ3v) is 5.04. The van der Waals surface area contributed by atoms with Crippen LogP contribution in [0.1, 0.15) is 34.5 Å². The Kier molecular flexibility index (Phi) is 7.63. The Morgan fingerprint density at radius 2 is 1.70 bits per heavy atom. The SMILES string of the molecule is CC(NC(=O)COc1cccc(C(=O)NCc2ccccc2)c1)c1ccc(Br)cc1. The molecule has 0 saturated heterocycles. The summed E-state index contributed by atoms with van der Waals surface area (Å²) in [4.78, 5) is 24.6. The second-order valence-corrected chi connectivity index (χ2v) is 7.74. The van der Waals surface area contributed by atoms with Crippen molar-refractivity contribution in [2.75, 3.05) is 6.61 Å². The molecule has 3 aromatic carbocycles. The molecule has 3 aromatic rings. The first-order valence-corrected chi connectivity index (χ1v) is 10.4. The minimum absolute atomic E-state index is 0.129. The van der Waals surface area contributed by atoms with Gasteiger partial charge in [-0.2, -0.15) is 0 Å². The number of benzene rings is 3. The van der Waals surface area contributed by atoms with Gasteiger partial charge in [-0.1, -0.05) is 64.5 Å². The second-order valence-electron chi connectivity index (χ2n) is 6.83. The first kappa shape index (κ1) is 21.6. The number of carbonyl (C=O) groups excluding carboxylic acids is 2. The molecule has 0 aromatic heterocycles. The van der Waals surface area contributed by atoms with Crippen molar-refractivity contribution in [3.63, 3.8) is 0 Å². The summed E-state index contributed by atoms with van der Waals surface area (Å²) in [7, 11) is 0. The number of amides is 2. The number of carbonyl (C=O) groups is 2. The normalized spacial score (nSPS) is 11.4. The van der Waals surface area contributed by atoms with E-state index < -0.39 is 0 Å². The first-order valence-electron chi connectivity index (χ1n) is 9.61. The molecule has 5 nitrogen and oxygen atoms in total. The third-order valence-electron chi connectivity index (χ3n) is 4.51. The minimum Gasteiger partial charge on any atom is -0.484 e. The molecule has 2 amide bonds. The molecular weight excluding hydrogens is 444 g/mol. The molecule has 3 rings (SSSR count). The van der Waals surface area contributed by atoms with Gasteiger partial charge in [-0.25, -0.2) is 0 Å². The fraction of sp³-hybridized carbons (Fsp3) is 0.167. The summed E-state index contributed by atoms with van der Waals surface area (Å²) in [6.07, 6.45) is 0. The standard InChI is InChI=1S/C24H23BrN2O3/c1-17(19-10-12-21(25)13-11-19)27-23(28)16-30-22-9-5-8-20(14-22)24(29)26-15-18-6-3-2-4-7-18/h2-14,17H,15-16H2,1H3,(H,26,29)(H,27,28). The lowest BCUT2D eigenvalue weighted by atomic mass is 10.1. The maximum Gasteiger partial charge on any atom is 0.258 e. The summed E-state index contributed by atoms with van der Waals surface area (Å²) >= 11 is 3.40. The van der Waals surface area contributed by atoms with Crippen molar-refractivity contribution >= 4 is 27.7 Å². The van der Waals surface area contributed by atoms with Crippen LogP contribution in [0, 0.1) is 0 Å². The molecule has 0 aliphatic rings. The number of hydrogen-bond donors (Lipinski definition) is 2. The van der Waals surface area contributed by atoms with Crippen molar-refractivity contribution in [3.05, 3.63) is 100 Å². The van der Waals surface area contributed by atoms with Crippen molar-refractivity contribution in [1.82, 2.24) is 10.6 Å². The highest BCUT2D eigenvalue weighted by atomic mass is 79.9. The van der Waals surface area contributed by atoms with E-state index >= 15 is 0 Å². The van der Waals surface area contributed by atoms with Gasteiger partial charge in [0.25, 0.3) is 11.8 Å². The number of rotatable bonds is 8. The summed E-state index contributed by atoms with van der Waals surface area (Å²) in [5.74, 6) is 0.0378. The Balaban J connectivity index is 1.50. The van der Waals surface area contributed by atoms with Crippen LogP contribution >= 0.6 is 15.9 Å². The third kappa shape index (κ3) is 6.46. The first-order chi connectivity index (χ1) is 14.5. The van der Waals surface area contributed by atoms with E-state index in [1.54, 1.807) is 24.3 Å². The van der Waals surface area contributed by atoms with Crippen LogP contribution in [0.4, 0.5) is 0 Å². The summed E-state index contributed by atoms with van der Waals surface area (Å²) in [6.45, 7) is 2.23. The molecule has 0 heterocycles. The number of halogens is 1. The largest absolute Gasteiger partial charge is 0.484 e. The lowest BCUT2D eigenvalue weighted by Gasteiger charge is -2.15. The maximum atomic E-state index is 12.4. The van der Waals surface area contributed by atoms with Crippen molar-refractivity contribution in [2.24, 2.45) is 0 Å². The second kappa shape index (κ2) is 10.6. The molecule has 6 heteroatoms. The molecule has 1 unspecified atom stereocenters. The smallest absolute Gasteiger partial charge is 0.258 e. The molecule has 30 heavy (non-hydrogen) atoms. The van der Waals surface area contributed by atoms with E-state index in [2.05, 4.69) is 26.6 Å². The van der Waals surface area contributed by atoms with Gasteiger partial charge >= 0.3 is 0 Å². The van der Waals surface area contributed by atoms with E-state index in [9.17, 15) is 9.59 Å². The molecular formula is C24H23BrN2O3. The van der Waals surface area contributed by atoms with Crippen molar-refractivity contribution in [3.8, 4) is 5.75 Å². The number of hydrogen-bond acceptors (Lipinski definition) is 3. The Labute approximate surface area is 184 Å². The van der Waals surface area contributed by atoms with Gasteiger partial charge in [0, 0.05) is 16.6 Å². The lowest BCUT2D eigenvalue weighted by molar-refractivity contribution is -0.123. The van der Waals surface area contributed by atoms with Crippen LogP contribution in [0.15, 0.2) is 83.3 Å². The van der Waals surface area contributed by atoms with E-state index in [4.69, 9.17) is 4.74 Å². The summed E-state index contributed by atoms with van der Waals surface area (Å²) in [5.41, 5.74) is 2.51. The van der Waals surface area contributed by atoms with Crippen LogP contribution < -0.4 is 15.4 Å². The van der Waals surface area contributed by atoms with Gasteiger partial charge in [0.2, 0.25) is 0 Å². The van der Waals surface area contributed by atoms with E-state index in [1.807, 2.05) is 61.5 Å². The maximum absolute atomic E-state index is 12.4. The monoisotopic (exact) mass is 466 g/mol. The zero-order valence-corrected chi connectivity index (χ0v) is 18.2. The Morgan fingerprint density at radius 3 is 2.43 bits per heavy atom. The lowest BCUT2D eigenvalue weighted by Crippen LogP contribution is -2.31. The van der Waals surface area contributed by atoms with Crippen LogP contribution in [0.5, 0.6) is 5.75 Å². The number of ether oxygens (including phenoxy) is 1. The average Bonchev–Trinajstić information content (AvgIpc) is 2.77. The van der Waals surface area contributed by atoms with Crippen LogP contribution in [-0.2, 0) is 11.3 Å². The quantitative estimate of drug-likeness (QED) is 0.508. The molecule has 154 valence electrons. The number of nitrogens with one attached hydrogen (secondary N) is 2. The minimum atomic E-state index is -0.232. The molecule has 0 bridgehead atoms. The molecule has 2 N–H and O–H groups in total. The molecule has 0 spiro atoms. The Bertz CT molecular complexity index is 991. The van der Waals surface area contributed by atoms with E-state index in [1.165, 1.54) is 0 Å². The van der Waals surface area contributed by atoms with Crippen molar-refractivity contribution < 1.29 is 14.3 Å². The van der Waals surface area contributed by atoms with E-state index in [0.717, 1.165) is 15.6 Å². The van der Waals surface area contributed by atoms with Gasteiger partial charge in [-0.05, 0) is 48.4 Å². The highest BCUT2D eigenvalue weighted by Crippen LogP contribution is 2.17. The fourth-order valence-corrected chi connectivity index (χ4v) is 3.14. The predicted octanol–water partition coefficient (Wildman–Crippen LogP) is 4.64. The molecule has 0 aliphatic carbocycles. The predicted molar refractivity (Wildman–Crippen MR) is 120 cm³/mol. The van der Waals surface area contributed by atoms with Crippen molar-refractivity contribution in [1.29, 1.82) is 0 Å². The average molecular weight is 467 g/mol. The topological polar surface area (TPSA) is 67.4 Å². The van der Waals surface area contributed by atoms with Crippen LogP contribution in [0.25, 0.3) is 0 Å². The summed E-state index contributed by atoms with van der Waals surface area (Å²) in [5, 5.41) is 5.78. The van der Waals surface area contributed by atoms with E-state index in [-0.39, 0.29) is 24.5 Å². The van der Waals surface area contributed by atoms with Gasteiger partial charge in [0.1, 0.15) is 5.75 Å². The van der Waals surface area contributed by atoms with Crippen LogP contribution in [0.2, 0.25) is 0 Å². The fourth-order valence-electron chi connectivity index (χ4n) is 2.87. The van der Waals surface area contributed by atoms with Gasteiger partial charge in [-0.3, -0.25) is 9.59 Å². The van der Waals surface area contributed by atoms with Crippen LogP contribution in [0.3, 0.4) is 0 Å². The molecule has 1 atom stereocenters. The summed E-state index contributed by atoms with van der Waals surface area (Å²) < 4.78 is 6.56. The zero-order valence-electron chi connectivity index (χ0n) is 16.6. The molecule has 0 radical (unpaired) electrons. The highest BCUT2D eigenvalue weighted by molar-refractivity contribution is 9.10. The Hall–Kier alpha value is -3.12. The molecule has 0 aliphatic heterocycles. The highest BCUT2D eigenvalue weighted by Gasteiger charge is 2.11. The zero-order chi connectivity index (χ0) is 21.3. The van der Waals surface area contributed by atoms with Gasteiger partial charge in [-0.15, -0.1) is 0 Å².